The summed E-state index contributed by atoms with van der Waals surface area (Å²) < 4.78 is 4.90. The Morgan fingerprint density at radius 1 is 1.22 bits per heavy atom. The van der Waals surface area contributed by atoms with Gasteiger partial charge in [-0.2, -0.15) is 0 Å². The molecule has 3 nitrogen and oxygen atoms in total. The van der Waals surface area contributed by atoms with Gasteiger partial charge in [-0.15, -0.1) is 0 Å². The fraction of sp³-hybridized carbons (Fsp3) is 0.533. The molecule has 0 saturated carbocycles. The molecule has 0 bridgehead atoms. The van der Waals surface area contributed by atoms with E-state index in [2.05, 4.69) is 29.6 Å². The van der Waals surface area contributed by atoms with E-state index in [1.54, 1.807) is 0 Å². The Morgan fingerprint density at radius 2 is 1.94 bits per heavy atom. The third-order valence-corrected chi connectivity index (χ3v) is 3.90. The van der Waals surface area contributed by atoms with E-state index in [0.29, 0.717) is 13.1 Å². The molecule has 0 unspecified atom stereocenters. The number of ether oxygens (including phenoxy) is 1. The molecule has 0 aromatic heterocycles. The number of hydrogen-bond acceptors (Lipinski definition) is 3. The van der Waals surface area contributed by atoms with E-state index in [-0.39, 0.29) is 5.41 Å². The largest absolute Gasteiger partial charge is 0.468 e. The van der Waals surface area contributed by atoms with Crippen LogP contribution in [0.1, 0.15) is 24.8 Å². The van der Waals surface area contributed by atoms with Crippen molar-refractivity contribution in [1.29, 1.82) is 0 Å². The summed E-state index contributed by atoms with van der Waals surface area (Å²) in [5.41, 5.74) is 1.67. The Balaban J connectivity index is 2.01. The monoisotopic (exact) mass is 247 g/mol. The van der Waals surface area contributed by atoms with Crippen LogP contribution in [0.25, 0.3) is 0 Å². The topological polar surface area (TPSA) is 38.3 Å². The Kier molecular flexibility index (Phi) is 4.76. The standard InChI is InChI=1S/C15H21NO2/c17-13-18-11-8-15(6-9-16-10-7-15)12-14-4-2-1-3-5-14/h1-5,13,16H,6-12H2. The molecule has 1 heterocycles. The first-order valence-corrected chi connectivity index (χ1v) is 6.65. The lowest BCUT2D eigenvalue weighted by Gasteiger charge is -2.37. The second-order valence-corrected chi connectivity index (χ2v) is 5.13. The normalized spacial score (nSPS) is 18.2. The lowest BCUT2D eigenvalue weighted by atomic mass is 9.72. The highest BCUT2D eigenvalue weighted by atomic mass is 16.5. The Bertz CT molecular complexity index is 358. The maximum absolute atomic E-state index is 10.3. The minimum Gasteiger partial charge on any atom is -0.468 e. The number of nitrogens with one attached hydrogen (secondary N) is 1. The first kappa shape index (κ1) is 13.1. The van der Waals surface area contributed by atoms with Crippen LogP contribution in [0, 0.1) is 5.41 Å². The maximum atomic E-state index is 10.3. The highest BCUT2D eigenvalue weighted by Gasteiger charge is 2.31. The minimum absolute atomic E-state index is 0.287. The van der Waals surface area contributed by atoms with Crippen LogP contribution in [-0.4, -0.2) is 26.2 Å². The van der Waals surface area contributed by atoms with Gasteiger partial charge in [0.05, 0.1) is 6.61 Å². The second-order valence-electron chi connectivity index (χ2n) is 5.13. The van der Waals surface area contributed by atoms with Crippen molar-refractivity contribution in [3.8, 4) is 0 Å². The molecule has 18 heavy (non-hydrogen) atoms. The Morgan fingerprint density at radius 3 is 2.61 bits per heavy atom. The van der Waals surface area contributed by atoms with Crippen LogP contribution in [0.15, 0.2) is 30.3 Å². The molecular formula is C15H21NO2. The van der Waals surface area contributed by atoms with E-state index in [1.807, 2.05) is 6.07 Å². The number of carbonyl (C=O) groups excluding carboxylic acids is 1. The van der Waals surface area contributed by atoms with Gasteiger partial charge in [0.15, 0.2) is 0 Å². The van der Waals surface area contributed by atoms with E-state index in [1.165, 1.54) is 5.56 Å². The number of benzene rings is 1. The van der Waals surface area contributed by atoms with E-state index in [9.17, 15) is 4.79 Å². The summed E-state index contributed by atoms with van der Waals surface area (Å²) in [7, 11) is 0. The van der Waals surface area contributed by atoms with Crippen molar-refractivity contribution >= 4 is 6.47 Å². The molecule has 1 N–H and O–H groups in total. The summed E-state index contributed by atoms with van der Waals surface area (Å²) in [5, 5.41) is 3.41. The van der Waals surface area contributed by atoms with Crippen LogP contribution in [-0.2, 0) is 16.0 Å². The van der Waals surface area contributed by atoms with Crippen LogP contribution in [0.4, 0.5) is 0 Å². The van der Waals surface area contributed by atoms with Gasteiger partial charge in [-0.25, -0.2) is 0 Å². The van der Waals surface area contributed by atoms with Crippen molar-refractivity contribution in [1.82, 2.24) is 5.32 Å². The van der Waals surface area contributed by atoms with Crippen molar-refractivity contribution in [2.24, 2.45) is 5.41 Å². The zero-order chi connectivity index (χ0) is 12.7. The molecule has 1 aliphatic heterocycles. The smallest absolute Gasteiger partial charge is 0.293 e. The summed E-state index contributed by atoms with van der Waals surface area (Å²) in [6, 6.07) is 10.6. The van der Waals surface area contributed by atoms with Crippen LogP contribution in [0.5, 0.6) is 0 Å². The zero-order valence-electron chi connectivity index (χ0n) is 10.7. The number of piperidine rings is 1. The molecule has 0 spiro atoms. The van der Waals surface area contributed by atoms with Crippen LogP contribution < -0.4 is 5.32 Å². The average molecular weight is 247 g/mol. The third-order valence-electron chi connectivity index (χ3n) is 3.90. The van der Waals surface area contributed by atoms with Crippen molar-refractivity contribution in [3.63, 3.8) is 0 Å². The van der Waals surface area contributed by atoms with E-state index in [0.717, 1.165) is 38.8 Å². The van der Waals surface area contributed by atoms with Gasteiger partial charge in [0.2, 0.25) is 0 Å². The molecule has 0 radical (unpaired) electrons. The number of hydrogen-bond donors (Lipinski definition) is 1. The van der Waals surface area contributed by atoms with Crippen molar-refractivity contribution < 1.29 is 9.53 Å². The second kappa shape index (κ2) is 6.55. The summed E-state index contributed by atoms with van der Waals surface area (Å²) >= 11 is 0. The van der Waals surface area contributed by atoms with E-state index in [4.69, 9.17) is 4.74 Å². The van der Waals surface area contributed by atoms with Gasteiger partial charge in [-0.05, 0) is 49.8 Å². The zero-order valence-corrected chi connectivity index (χ0v) is 10.7. The van der Waals surface area contributed by atoms with Crippen LogP contribution in [0.3, 0.4) is 0 Å². The van der Waals surface area contributed by atoms with Gasteiger partial charge in [0, 0.05) is 0 Å². The summed E-state index contributed by atoms with van der Waals surface area (Å²) in [6.45, 7) is 3.22. The lowest BCUT2D eigenvalue weighted by molar-refractivity contribution is -0.129. The fourth-order valence-electron chi connectivity index (χ4n) is 2.82. The summed E-state index contributed by atoms with van der Waals surface area (Å²) in [4.78, 5) is 10.3. The highest BCUT2D eigenvalue weighted by molar-refractivity contribution is 5.36. The maximum Gasteiger partial charge on any atom is 0.293 e. The first-order chi connectivity index (χ1) is 8.85. The van der Waals surface area contributed by atoms with Crippen molar-refractivity contribution in [3.05, 3.63) is 35.9 Å². The molecule has 2 rings (SSSR count). The first-order valence-electron chi connectivity index (χ1n) is 6.65. The lowest BCUT2D eigenvalue weighted by Crippen LogP contribution is -2.39. The van der Waals surface area contributed by atoms with E-state index < -0.39 is 0 Å². The van der Waals surface area contributed by atoms with Crippen molar-refractivity contribution in [2.75, 3.05) is 19.7 Å². The number of carbonyl (C=O) groups is 1. The molecule has 1 saturated heterocycles. The molecule has 98 valence electrons. The summed E-state index contributed by atoms with van der Waals surface area (Å²) in [5.74, 6) is 0. The van der Waals surface area contributed by atoms with Crippen LogP contribution >= 0.6 is 0 Å². The quantitative estimate of drug-likeness (QED) is 0.618. The SMILES string of the molecule is O=COCCC1(Cc2ccccc2)CCNCC1. The van der Waals surface area contributed by atoms with Gasteiger partial charge in [0.1, 0.15) is 0 Å². The molecule has 3 heteroatoms. The molecule has 0 atom stereocenters. The molecule has 1 aromatic carbocycles. The molecule has 1 aliphatic rings. The summed E-state index contributed by atoms with van der Waals surface area (Å²) in [6.07, 6.45) is 4.36. The van der Waals surface area contributed by atoms with Crippen LogP contribution in [0.2, 0.25) is 0 Å². The molecule has 0 aliphatic carbocycles. The van der Waals surface area contributed by atoms with E-state index >= 15 is 0 Å². The predicted octanol–water partition coefficient (Wildman–Crippen LogP) is 2.16. The van der Waals surface area contributed by atoms with Gasteiger partial charge in [-0.1, -0.05) is 30.3 Å². The molecule has 0 amide bonds. The van der Waals surface area contributed by atoms with Crippen molar-refractivity contribution in [2.45, 2.75) is 25.7 Å². The van der Waals surface area contributed by atoms with Gasteiger partial charge in [-0.3, -0.25) is 4.79 Å². The Labute approximate surface area is 109 Å². The number of rotatable bonds is 6. The predicted molar refractivity (Wildman–Crippen MR) is 71.3 cm³/mol. The van der Waals surface area contributed by atoms with Gasteiger partial charge < -0.3 is 10.1 Å². The molecular weight excluding hydrogens is 226 g/mol. The fourth-order valence-corrected chi connectivity index (χ4v) is 2.82. The average Bonchev–Trinajstić information content (AvgIpc) is 2.41. The third kappa shape index (κ3) is 3.57. The molecule has 1 aromatic rings. The minimum atomic E-state index is 0.287. The Hall–Kier alpha value is -1.35. The van der Waals surface area contributed by atoms with Gasteiger partial charge in [0.25, 0.3) is 6.47 Å². The molecule has 1 fully saturated rings. The highest BCUT2D eigenvalue weighted by Crippen LogP contribution is 2.36. The van der Waals surface area contributed by atoms with Gasteiger partial charge >= 0.3 is 0 Å².